The molecule has 0 aromatic heterocycles. The quantitative estimate of drug-likeness (QED) is 0.242. The highest BCUT2D eigenvalue weighted by Crippen LogP contribution is 2.09. The fourth-order valence-corrected chi connectivity index (χ4v) is 2.19. The number of thiol groups is 1. The van der Waals surface area contributed by atoms with Crippen molar-refractivity contribution in [3.8, 4) is 0 Å². The molecule has 0 saturated carbocycles. The number of carbonyl (C=O) groups is 4. The van der Waals surface area contributed by atoms with E-state index in [1.54, 1.807) is 0 Å². The maximum absolute atomic E-state index is 12.1. The normalized spacial score (nSPS) is 13.0. The van der Waals surface area contributed by atoms with E-state index in [2.05, 4.69) is 17.9 Å². The van der Waals surface area contributed by atoms with E-state index in [-0.39, 0.29) is 18.6 Å². The summed E-state index contributed by atoms with van der Waals surface area (Å²) in [7, 11) is 0. The van der Waals surface area contributed by atoms with Crippen LogP contribution in [-0.2, 0) is 19.2 Å². The molecule has 0 bridgehead atoms. The van der Waals surface area contributed by atoms with Crippen LogP contribution in [0, 0.1) is 0 Å². The molecular weight excluding hydrogens is 334 g/mol. The van der Waals surface area contributed by atoms with Crippen LogP contribution < -0.4 is 11.1 Å². The largest absolute Gasteiger partial charge is 0.480 e. The van der Waals surface area contributed by atoms with Gasteiger partial charge in [-0.2, -0.15) is 12.6 Å². The lowest BCUT2D eigenvalue weighted by molar-refractivity contribution is -0.141. The zero-order valence-corrected chi connectivity index (χ0v) is 13.6. The fraction of sp³-hybridized carbons (Fsp3) is 0.636. The number of nitrogens with zero attached hydrogens (tertiary/aromatic N) is 1. The molecule has 0 rings (SSSR count). The van der Waals surface area contributed by atoms with Crippen LogP contribution in [0.15, 0.2) is 0 Å². The Kier molecular flexibility index (Phi) is 9.61. The molecule has 9 nitrogen and oxygen atoms in total. The van der Waals surface area contributed by atoms with Crippen LogP contribution in [0.1, 0.15) is 12.8 Å². The summed E-state index contributed by atoms with van der Waals surface area (Å²) >= 11 is 4.88. The maximum Gasteiger partial charge on any atom is 0.324 e. The number of nitrogens with two attached hydrogens (primary N) is 1. The van der Waals surface area contributed by atoms with Crippen LogP contribution in [0.5, 0.6) is 0 Å². The highest BCUT2D eigenvalue weighted by molar-refractivity contribution is 7.96. The molecule has 0 aliphatic rings. The van der Waals surface area contributed by atoms with Gasteiger partial charge in [-0.05, 0) is 6.42 Å². The predicted molar refractivity (Wildman–Crippen MR) is 83.5 cm³/mol. The highest BCUT2D eigenvalue weighted by atomic mass is 32.2. The minimum atomic E-state index is -1.22. The lowest BCUT2D eigenvalue weighted by atomic mass is 10.1. The summed E-state index contributed by atoms with van der Waals surface area (Å²) in [4.78, 5) is 45.0. The lowest BCUT2D eigenvalue weighted by Gasteiger charge is -2.23. The van der Waals surface area contributed by atoms with Crippen molar-refractivity contribution < 1.29 is 29.4 Å². The molecular formula is C11H19N3O6S2. The van der Waals surface area contributed by atoms with Gasteiger partial charge in [0.2, 0.25) is 5.91 Å². The highest BCUT2D eigenvalue weighted by Gasteiger charge is 2.26. The summed E-state index contributed by atoms with van der Waals surface area (Å²) in [5.74, 6) is -3.57. The van der Waals surface area contributed by atoms with Gasteiger partial charge < -0.3 is 21.3 Å². The molecule has 0 spiro atoms. The van der Waals surface area contributed by atoms with Crippen LogP contribution in [0.3, 0.4) is 0 Å². The monoisotopic (exact) mass is 353 g/mol. The molecule has 11 heteroatoms. The Hall–Kier alpha value is -1.46. The number of carbonyl (C=O) groups excluding carboxylic acids is 2. The first-order valence-electron chi connectivity index (χ1n) is 6.18. The van der Waals surface area contributed by atoms with Crippen LogP contribution in [0.2, 0.25) is 0 Å². The standard InChI is InChI=1S/C11H19N3O6S2/c1-22-14(4-9(16)17)10(18)7(5-21)13-8(15)3-2-6(12)11(19)20/h6-7,21H,2-5,12H2,1H3,(H,13,15)(H,16,17)(H,19,20). The summed E-state index contributed by atoms with van der Waals surface area (Å²) in [6.45, 7) is -0.510. The minimum absolute atomic E-state index is 0.0216. The first-order valence-corrected chi connectivity index (χ1v) is 8.00. The van der Waals surface area contributed by atoms with E-state index in [0.29, 0.717) is 0 Å². The van der Waals surface area contributed by atoms with E-state index in [9.17, 15) is 19.2 Å². The summed E-state index contributed by atoms with van der Waals surface area (Å²) in [5.41, 5.74) is 5.27. The summed E-state index contributed by atoms with van der Waals surface area (Å²) in [5, 5.41) is 19.7. The van der Waals surface area contributed by atoms with E-state index in [4.69, 9.17) is 15.9 Å². The molecule has 0 saturated heterocycles. The molecule has 0 aromatic rings. The van der Waals surface area contributed by atoms with Gasteiger partial charge in [-0.15, -0.1) is 0 Å². The molecule has 0 aliphatic heterocycles. The van der Waals surface area contributed by atoms with Gasteiger partial charge in [-0.1, -0.05) is 11.9 Å². The molecule has 0 aromatic carbocycles. The smallest absolute Gasteiger partial charge is 0.324 e. The molecule has 0 aliphatic carbocycles. The van der Waals surface area contributed by atoms with E-state index >= 15 is 0 Å². The zero-order valence-electron chi connectivity index (χ0n) is 11.9. The van der Waals surface area contributed by atoms with Gasteiger partial charge in [0.05, 0.1) is 0 Å². The molecule has 2 amide bonds. The topological polar surface area (TPSA) is 150 Å². The van der Waals surface area contributed by atoms with Crippen LogP contribution in [0.4, 0.5) is 0 Å². The van der Waals surface area contributed by atoms with E-state index in [1.807, 2.05) is 0 Å². The van der Waals surface area contributed by atoms with Crippen molar-refractivity contribution in [1.29, 1.82) is 0 Å². The van der Waals surface area contributed by atoms with Crippen molar-refractivity contribution >= 4 is 48.3 Å². The van der Waals surface area contributed by atoms with Crippen molar-refractivity contribution in [2.45, 2.75) is 24.9 Å². The number of rotatable bonds is 10. The first-order chi connectivity index (χ1) is 10.2. The third kappa shape index (κ3) is 7.52. The molecule has 2 unspecified atom stereocenters. The second-order valence-electron chi connectivity index (χ2n) is 4.24. The third-order valence-electron chi connectivity index (χ3n) is 2.56. The Morgan fingerprint density at radius 2 is 1.91 bits per heavy atom. The minimum Gasteiger partial charge on any atom is -0.480 e. The molecule has 126 valence electrons. The van der Waals surface area contributed by atoms with Crippen molar-refractivity contribution in [1.82, 2.24) is 9.62 Å². The van der Waals surface area contributed by atoms with E-state index in [1.165, 1.54) is 6.26 Å². The van der Waals surface area contributed by atoms with Crippen LogP contribution >= 0.6 is 24.6 Å². The number of aliphatic carboxylic acids is 2. The van der Waals surface area contributed by atoms with E-state index < -0.39 is 42.4 Å². The first kappa shape index (κ1) is 20.5. The summed E-state index contributed by atoms with van der Waals surface area (Å²) in [6.07, 6.45) is 1.29. The van der Waals surface area contributed by atoms with Crippen molar-refractivity contribution in [3.05, 3.63) is 0 Å². The van der Waals surface area contributed by atoms with Gasteiger partial charge in [0.1, 0.15) is 18.6 Å². The number of amides is 2. The molecule has 22 heavy (non-hydrogen) atoms. The van der Waals surface area contributed by atoms with Gasteiger partial charge >= 0.3 is 11.9 Å². The SMILES string of the molecule is CSN(CC(=O)O)C(=O)C(CS)NC(=O)CCC(N)C(=O)O. The Morgan fingerprint density at radius 1 is 1.32 bits per heavy atom. The van der Waals surface area contributed by atoms with Gasteiger partial charge in [-0.25, -0.2) is 0 Å². The predicted octanol–water partition coefficient (Wildman–Crippen LogP) is -1.22. The van der Waals surface area contributed by atoms with E-state index in [0.717, 1.165) is 16.3 Å². The lowest BCUT2D eigenvalue weighted by Crippen LogP contribution is -2.49. The Balaban J connectivity index is 4.56. The third-order valence-corrected chi connectivity index (χ3v) is 3.68. The molecule has 0 radical (unpaired) electrons. The summed E-state index contributed by atoms with van der Waals surface area (Å²) < 4.78 is 0.993. The van der Waals surface area contributed by atoms with Crippen molar-refractivity contribution in [3.63, 3.8) is 0 Å². The Bertz CT molecular complexity index is 434. The molecule has 5 N–H and O–H groups in total. The number of hydrogen-bond donors (Lipinski definition) is 5. The number of carboxylic acids is 2. The number of carboxylic acid groups (broad SMARTS) is 2. The Labute approximate surface area is 137 Å². The van der Waals surface area contributed by atoms with Gasteiger partial charge in [0, 0.05) is 18.4 Å². The van der Waals surface area contributed by atoms with Crippen molar-refractivity contribution in [2.24, 2.45) is 5.73 Å². The molecule has 0 heterocycles. The fourth-order valence-electron chi connectivity index (χ4n) is 1.39. The average Bonchev–Trinajstić information content (AvgIpc) is 2.46. The average molecular weight is 353 g/mol. The Morgan fingerprint density at radius 3 is 2.32 bits per heavy atom. The number of hydrogen-bond acceptors (Lipinski definition) is 7. The maximum atomic E-state index is 12.1. The van der Waals surface area contributed by atoms with Crippen molar-refractivity contribution in [2.75, 3.05) is 18.6 Å². The van der Waals surface area contributed by atoms with Gasteiger partial charge in [-0.3, -0.25) is 23.5 Å². The molecule has 0 fully saturated rings. The summed E-state index contributed by atoms with van der Waals surface area (Å²) in [6, 6.07) is -2.16. The van der Waals surface area contributed by atoms with Gasteiger partial charge in [0.15, 0.2) is 0 Å². The number of nitrogens with one attached hydrogen (secondary N) is 1. The second kappa shape index (κ2) is 10.3. The second-order valence-corrected chi connectivity index (χ2v) is 5.41. The molecule has 2 atom stereocenters. The zero-order chi connectivity index (χ0) is 17.3. The van der Waals surface area contributed by atoms with Crippen LogP contribution in [0.25, 0.3) is 0 Å². The van der Waals surface area contributed by atoms with Gasteiger partial charge in [0.25, 0.3) is 5.91 Å². The van der Waals surface area contributed by atoms with Crippen LogP contribution in [-0.4, -0.2) is 68.9 Å².